The Balaban J connectivity index is 2.65. The van der Waals surface area contributed by atoms with Crippen LogP contribution in [0.2, 0.25) is 0 Å². The van der Waals surface area contributed by atoms with Gasteiger partial charge in [-0.25, -0.2) is 9.97 Å². The molecule has 0 aliphatic heterocycles. The lowest BCUT2D eigenvalue weighted by molar-refractivity contribution is 0.549. The zero-order valence-electron chi connectivity index (χ0n) is 12.7. The molecule has 4 heteroatoms. The number of aryl methyl sites for hydroxylation is 2. The maximum Gasteiger partial charge on any atom is 0.138 e. The van der Waals surface area contributed by atoms with Crippen molar-refractivity contribution in [2.75, 3.05) is 11.9 Å². The molecule has 2 rings (SSSR count). The first-order chi connectivity index (χ1) is 8.84. The second-order valence-corrected chi connectivity index (χ2v) is 7.24. The van der Waals surface area contributed by atoms with Crippen LogP contribution in [0, 0.1) is 13.8 Å². The number of aromatic nitrogens is 2. The summed E-state index contributed by atoms with van der Waals surface area (Å²) >= 11 is 1.77. The van der Waals surface area contributed by atoms with Gasteiger partial charge in [0, 0.05) is 16.8 Å². The molecule has 2 aromatic heterocycles. The Hall–Kier alpha value is -1.16. The Labute approximate surface area is 119 Å². The third kappa shape index (κ3) is 2.73. The van der Waals surface area contributed by atoms with Crippen molar-refractivity contribution in [3.8, 4) is 0 Å². The van der Waals surface area contributed by atoms with Crippen molar-refractivity contribution in [1.82, 2.24) is 9.97 Å². The van der Waals surface area contributed by atoms with Crippen LogP contribution >= 0.6 is 11.3 Å². The van der Waals surface area contributed by atoms with Crippen LogP contribution in [0.4, 0.5) is 5.82 Å². The topological polar surface area (TPSA) is 37.8 Å². The highest BCUT2D eigenvalue weighted by atomic mass is 32.1. The largest absolute Gasteiger partial charge is 0.369 e. The van der Waals surface area contributed by atoms with E-state index in [-0.39, 0.29) is 5.41 Å². The highest BCUT2D eigenvalue weighted by Crippen LogP contribution is 2.35. The molecule has 1 N–H and O–H groups in total. The molecular weight excluding hydrogens is 254 g/mol. The van der Waals surface area contributed by atoms with Crippen LogP contribution in [0.1, 0.15) is 50.4 Å². The summed E-state index contributed by atoms with van der Waals surface area (Å²) in [6.45, 7) is 13.9. The van der Waals surface area contributed by atoms with Gasteiger partial charge in [0.05, 0.1) is 5.39 Å². The minimum atomic E-state index is -0.0252. The van der Waals surface area contributed by atoms with Crippen molar-refractivity contribution >= 4 is 27.4 Å². The van der Waals surface area contributed by atoms with Gasteiger partial charge < -0.3 is 5.32 Å². The fourth-order valence-corrected chi connectivity index (χ4v) is 2.99. The SMILES string of the molecule is CCCNc1nc(C(C)(C)C)nc2sc(C)c(C)c12. The van der Waals surface area contributed by atoms with Crippen LogP contribution in [0.5, 0.6) is 0 Å². The third-order valence-electron chi connectivity index (χ3n) is 3.24. The summed E-state index contributed by atoms with van der Waals surface area (Å²) in [5.41, 5.74) is 1.28. The van der Waals surface area contributed by atoms with E-state index < -0.39 is 0 Å². The lowest BCUT2D eigenvalue weighted by Gasteiger charge is -2.18. The molecular formula is C15H23N3S. The van der Waals surface area contributed by atoms with E-state index in [4.69, 9.17) is 9.97 Å². The second-order valence-electron chi connectivity index (χ2n) is 6.04. The van der Waals surface area contributed by atoms with E-state index in [1.165, 1.54) is 15.8 Å². The summed E-state index contributed by atoms with van der Waals surface area (Å²) in [5, 5.41) is 4.66. The molecule has 0 saturated carbocycles. The molecule has 0 spiro atoms. The van der Waals surface area contributed by atoms with Gasteiger partial charge in [-0.15, -0.1) is 11.3 Å². The molecule has 0 fully saturated rings. The van der Waals surface area contributed by atoms with Crippen LogP contribution in [0.3, 0.4) is 0 Å². The number of anilines is 1. The van der Waals surface area contributed by atoms with Gasteiger partial charge in [-0.1, -0.05) is 27.7 Å². The molecule has 0 saturated heterocycles. The molecule has 3 nitrogen and oxygen atoms in total. The molecule has 19 heavy (non-hydrogen) atoms. The maximum atomic E-state index is 4.77. The Bertz CT molecular complexity index is 593. The molecule has 0 aromatic carbocycles. The van der Waals surface area contributed by atoms with Crippen LogP contribution in [-0.2, 0) is 5.41 Å². The predicted molar refractivity (Wildman–Crippen MR) is 84.4 cm³/mol. The van der Waals surface area contributed by atoms with Crippen LogP contribution in [-0.4, -0.2) is 16.5 Å². The number of hydrogen-bond donors (Lipinski definition) is 1. The molecule has 104 valence electrons. The first-order valence-corrected chi connectivity index (χ1v) is 7.68. The number of fused-ring (bicyclic) bond motifs is 1. The van der Waals surface area contributed by atoms with E-state index >= 15 is 0 Å². The van der Waals surface area contributed by atoms with Gasteiger partial charge in [0.15, 0.2) is 0 Å². The van der Waals surface area contributed by atoms with Crippen molar-refractivity contribution in [1.29, 1.82) is 0 Å². The van der Waals surface area contributed by atoms with Crippen molar-refractivity contribution in [2.24, 2.45) is 0 Å². The second kappa shape index (κ2) is 5.08. The summed E-state index contributed by atoms with van der Waals surface area (Å²) in [4.78, 5) is 12.0. The van der Waals surface area contributed by atoms with E-state index in [1.807, 2.05) is 0 Å². The minimum absolute atomic E-state index is 0.0252. The number of nitrogens with zero attached hydrogens (tertiary/aromatic N) is 2. The summed E-state index contributed by atoms with van der Waals surface area (Å²) in [5.74, 6) is 1.92. The standard InChI is InChI=1S/C15H23N3S/c1-7-8-16-12-11-9(2)10(3)19-13(11)18-14(17-12)15(4,5)6/h7-8H2,1-6H3,(H,16,17,18). The average molecular weight is 277 g/mol. The Kier molecular flexibility index (Phi) is 3.81. The fraction of sp³-hybridized carbons (Fsp3) is 0.600. The van der Waals surface area contributed by atoms with Gasteiger partial charge in [0.25, 0.3) is 0 Å². The monoisotopic (exact) mass is 277 g/mol. The summed E-state index contributed by atoms with van der Waals surface area (Å²) in [6, 6.07) is 0. The van der Waals surface area contributed by atoms with E-state index in [9.17, 15) is 0 Å². The molecule has 0 aliphatic rings. The minimum Gasteiger partial charge on any atom is -0.369 e. The Morgan fingerprint density at radius 2 is 1.84 bits per heavy atom. The first kappa shape index (κ1) is 14.3. The smallest absolute Gasteiger partial charge is 0.138 e. The summed E-state index contributed by atoms with van der Waals surface area (Å²) in [6.07, 6.45) is 1.10. The van der Waals surface area contributed by atoms with Gasteiger partial charge in [-0.3, -0.25) is 0 Å². The Morgan fingerprint density at radius 3 is 2.42 bits per heavy atom. The van der Waals surface area contributed by atoms with Crippen LogP contribution in [0.25, 0.3) is 10.2 Å². The molecule has 2 heterocycles. The van der Waals surface area contributed by atoms with Gasteiger partial charge >= 0.3 is 0 Å². The van der Waals surface area contributed by atoms with Crippen LogP contribution < -0.4 is 5.32 Å². The molecule has 0 bridgehead atoms. The van der Waals surface area contributed by atoms with E-state index in [0.29, 0.717) is 0 Å². The van der Waals surface area contributed by atoms with Gasteiger partial charge in [-0.05, 0) is 25.8 Å². The number of thiophene rings is 1. The number of nitrogens with one attached hydrogen (secondary N) is 1. The van der Waals surface area contributed by atoms with Gasteiger partial charge in [0.2, 0.25) is 0 Å². The van der Waals surface area contributed by atoms with Crippen molar-refractivity contribution in [3.05, 3.63) is 16.3 Å². The normalized spacial score (nSPS) is 12.1. The van der Waals surface area contributed by atoms with Crippen molar-refractivity contribution in [2.45, 2.75) is 53.4 Å². The lowest BCUT2D eigenvalue weighted by Crippen LogP contribution is -2.17. The molecule has 0 atom stereocenters. The zero-order chi connectivity index (χ0) is 14.2. The third-order valence-corrected chi connectivity index (χ3v) is 4.34. The highest BCUT2D eigenvalue weighted by molar-refractivity contribution is 7.18. The summed E-state index contributed by atoms with van der Waals surface area (Å²) in [7, 11) is 0. The predicted octanol–water partition coefficient (Wildman–Crippen LogP) is 4.43. The first-order valence-electron chi connectivity index (χ1n) is 6.86. The maximum absolute atomic E-state index is 4.77. The van der Waals surface area contributed by atoms with Crippen molar-refractivity contribution in [3.63, 3.8) is 0 Å². The fourth-order valence-electron chi connectivity index (χ4n) is 1.96. The Morgan fingerprint density at radius 1 is 1.16 bits per heavy atom. The molecule has 0 amide bonds. The zero-order valence-corrected chi connectivity index (χ0v) is 13.5. The van der Waals surface area contributed by atoms with E-state index in [0.717, 1.165) is 29.4 Å². The van der Waals surface area contributed by atoms with E-state index in [1.54, 1.807) is 11.3 Å². The quantitative estimate of drug-likeness (QED) is 0.902. The number of hydrogen-bond acceptors (Lipinski definition) is 4. The summed E-state index contributed by atoms with van der Waals surface area (Å²) < 4.78 is 0. The van der Waals surface area contributed by atoms with Gasteiger partial charge in [-0.2, -0.15) is 0 Å². The number of rotatable bonds is 3. The molecule has 0 aliphatic carbocycles. The lowest BCUT2D eigenvalue weighted by atomic mass is 9.95. The molecule has 2 aromatic rings. The van der Waals surface area contributed by atoms with Gasteiger partial charge in [0.1, 0.15) is 16.5 Å². The molecule has 0 unspecified atom stereocenters. The van der Waals surface area contributed by atoms with Crippen LogP contribution in [0.15, 0.2) is 0 Å². The average Bonchev–Trinajstić information content (AvgIpc) is 2.61. The highest BCUT2D eigenvalue weighted by Gasteiger charge is 2.21. The van der Waals surface area contributed by atoms with Crippen molar-refractivity contribution < 1.29 is 0 Å². The van der Waals surface area contributed by atoms with E-state index in [2.05, 4.69) is 46.9 Å². The molecule has 0 radical (unpaired) electrons.